The molecule has 166 valence electrons. The van der Waals surface area contributed by atoms with Crippen LogP contribution < -0.4 is 5.32 Å². The average molecular weight is 469 g/mol. The Kier molecular flexibility index (Phi) is 8.01. The summed E-state index contributed by atoms with van der Waals surface area (Å²) in [6.45, 7) is 2.64. The van der Waals surface area contributed by atoms with Crippen molar-refractivity contribution in [3.63, 3.8) is 0 Å². The zero-order valence-corrected chi connectivity index (χ0v) is 18.8. The van der Waals surface area contributed by atoms with Crippen molar-refractivity contribution in [1.29, 1.82) is 0 Å². The predicted octanol–water partition coefficient (Wildman–Crippen LogP) is 3.09. The number of phenols is 1. The minimum Gasteiger partial charge on any atom is -0.507 e. The van der Waals surface area contributed by atoms with Crippen LogP contribution in [0.15, 0.2) is 18.2 Å². The third kappa shape index (κ3) is 5.74. The van der Waals surface area contributed by atoms with E-state index in [0.29, 0.717) is 5.56 Å². The molecule has 0 saturated carbocycles. The van der Waals surface area contributed by atoms with E-state index < -0.39 is 24.5 Å². The third-order valence-corrected chi connectivity index (χ3v) is 5.42. The van der Waals surface area contributed by atoms with Crippen molar-refractivity contribution in [3.8, 4) is 5.75 Å². The Morgan fingerprint density at radius 2 is 1.84 bits per heavy atom. The number of nitrogens with zero attached hydrogens (tertiary/aromatic N) is 1. The first-order valence-corrected chi connectivity index (χ1v) is 10.2. The average Bonchev–Trinajstić information content (AvgIpc) is 3.01. The van der Waals surface area contributed by atoms with E-state index in [-0.39, 0.29) is 44.3 Å². The molecule has 0 saturated heterocycles. The fourth-order valence-corrected chi connectivity index (χ4v) is 3.91. The third-order valence-electron chi connectivity index (χ3n) is 3.99. The number of carbonyl (C=O) groups is 4. The summed E-state index contributed by atoms with van der Waals surface area (Å²) >= 11 is 6.64. The highest BCUT2D eigenvalue weighted by molar-refractivity contribution is 7.18. The van der Waals surface area contributed by atoms with Gasteiger partial charge < -0.3 is 24.8 Å². The maximum absolute atomic E-state index is 12.4. The molecule has 0 aliphatic heterocycles. The second-order valence-corrected chi connectivity index (χ2v) is 7.92. The number of amides is 2. The van der Waals surface area contributed by atoms with E-state index in [1.807, 2.05) is 0 Å². The number of esters is 2. The molecular weight excluding hydrogens is 448 g/mol. The smallest absolute Gasteiger partial charge is 0.342 e. The minimum absolute atomic E-state index is 0.0621. The Bertz CT molecular complexity index is 1030. The van der Waals surface area contributed by atoms with Gasteiger partial charge in [-0.3, -0.25) is 9.59 Å². The molecule has 0 radical (unpaired) electrons. The Balaban J connectivity index is 2.19. The van der Waals surface area contributed by atoms with Crippen LogP contribution >= 0.6 is 22.9 Å². The fourth-order valence-electron chi connectivity index (χ4n) is 2.51. The number of aromatic hydroxyl groups is 1. The summed E-state index contributed by atoms with van der Waals surface area (Å²) in [5.74, 6) is -3.08. The number of halogens is 1. The van der Waals surface area contributed by atoms with Gasteiger partial charge in [0, 0.05) is 19.1 Å². The van der Waals surface area contributed by atoms with Crippen LogP contribution in [0.4, 0.5) is 5.00 Å². The minimum atomic E-state index is -0.930. The Morgan fingerprint density at radius 1 is 1.16 bits per heavy atom. The molecule has 2 rings (SSSR count). The van der Waals surface area contributed by atoms with Gasteiger partial charge in [0.25, 0.3) is 11.8 Å². The summed E-state index contributed by atoms with van der Waals surface area (Å²) in [6.07, 6.45) is 0. The van der Waals surface area contributed by atoms with Gasteiger partial charge in [-0.25, -0.2) is 9.59 Å². The highest BCUT2D eigenvalue weighted by Gasteiger charge is 2.27. The van der Waals surface area contributed by atoms with Crippen molar-refractivity contribution in [2.45, 2.75) is 13.8 Å². The van der Waals surface area contributed by atoms with Gasteiger partial charge in [0.05, 0.1) is 17.0 Å². The van der Waals surface area contributed by atoms with Gasteiger partial charge in [-0.2, -0.15) is 0 Å². The SMILES string of the molecule is CCOC(=O)c1c(NC(=O)COC(=O)c2ccc(Cl)cc2O)sc(C(=O)N(C)C)c1C. The zero-order valence-electron chi connectivity index (χ0n) is 17.3. The van der Waals surface area contributed by atoms with Gasteiger partial charge in [-0.05, 0) is 37.6 Å². The number of anilines is 1. The maximum Gasteiger partial charge on any atom is 0.342 e. The summed E-state index contributed by atoms with van der Waals surface area (Å²) in [4.78, 5) is 50.8. The van der Waals surface area contributed by atoms with Crippen LogP contribution in [0.2, 0.25) is 5.02 Å². The number of ether oxygens (including phenoxy) is 2. The number of benzene rings is 1. The lowest BCUT2D eigenvalue weighted by Gasteiger charge is -2.09. The highest BCUT2D eigenvalue weighted by atomic mass is 35.5. The molecule has 31 heavy (non-hydrogen) atoms. The molecule has 9 nitrogen and oxygen atoms in total. The van der Waals surface area contributed by atoms with E-state index in [2.05, 4.69) is 5.32 Å². The van der Waals surface area contributed by atoms with E-state index in [1.165, 1.54) is 23.1 Å². The Labute approximate surface area is 187 Å². The number of hydrogen-bond donors (Lipinski definition) is 2. The van der Waals surface area contributed by atoms with Crippen molar-refractivity contribution in [2.75, 3.05) is 32.6 Å². The Hall–Kier alpha value is -3.11. The molecule has 2 amide bonds. The molecule has 0 bridgehead atoms. The molecule has 2 aromatic rings. The summed E-state index contributed by atoms with van der Waals surface area (Å²) in [6, 6.07) is 3.82. The second kappa shape index (κ2) is 10.3. The van der Waals surface area contributed by atoms with Crippen LogP contribution in [0, 0.1) is 6.92 Å². The van der Waals surface area contributed by atoms with Crippen molar-refractivity contribution in [3.05, 3.63) is 44.8 Å². The summed E-state index contributed by atoms with van der Waals surface area (Å²) in [7, 11) is 3.13. The van der Waals surface area contributed by atoms with Gasteiger partial charge in [0.1, 0.15) is 16.3 Å². The molecule has 0 aliphatic carbocycles. The van der Waals surface area contributed by atoms with E-state index in [9.17, 15) is 24.3 Å². The molecule has 0 spiro atoms. The number of carbonyl (C=O) groups excluding carboxylic acids is 4. The monoisotopic (exact) mass is 468 g/mol. The summed E-state index contributed by atoms with van der Waals surface area (Å²) in [5, 5.41) is 12.6. The standard InChI is InChI=1S/C20H21ClN2O7S/c1-5-29-20(28)15-10(2)16(18(26)23(3)4)31-17(15)22-14(25)9-30-19(27)12-7-6-11(21)8-13(12)24/h6-8,24H,5,9H2,1-4H3,(H,22,25). The molecule has 1 aromatic carbocycles. The molecule has 0 atom stereocenters. The van der Waals surface area contributed by atoms with Gasteiger partial charge in [-0.15, -0.1) is 11.3 Å². The van der Waals surface area contributed by atoms with Crippen LogP contribution in [0.25, 0.3) is 0 Å². The van der Waals surface area contributed by atoms with E-state index in [0.717, 1.165) is 11.3 Å². The molecule has 1 aromatic heterocycles. The quantitative estimate of drug-likeness (QED) is 0.598. The molecule has 0 unspecified atom stereocenters. The number of rotatable bonds is 7. The maximum atomic E-state index is 12.4. The number of phenolic OH excluding ortho intramolecular Hbond substituents is 1. The van der Waals surface area contributed by atoms with Crippen molar-refractivity contribution in [2.24, 2.45) is 0 Å². The first-order chi connectivity index (χ1) is 14.6. The van der Waals surface area contributed by atoms with Crippen LogP contribution in [0.5, 0.6) is 5.75 Å². The van der Waals surface area contributed by atoms with Crippen LogP contribution in [0.3, 0.4) is 0 Å². The lowest BCUT2D eigenvalue weighted by Crippen LogP contribution is -2.22. The number of nitrogens with one attached hydrogen (secondary N) is 1. The van der Waals surface area contributed by atoms with Crippen molar-refractivity contribution < 1.29 is 33.8 Å². The first kappa shape index (κ1) is 24.2. The molecule has 1 heterocycles. The molecular formula is C20H21ClN2O7S. The normalized spacial score (nSPS) is 10.4. The summed E-state index contributed by atoms with van der Waals surface area (Å²) < 4.78 is 9.94. The van der Waals surface area contributed by atoms with Crippen LogP contribution in [0.1, 0.15) is 42.9 Å². The van der Waals surface area contributed by atoms with E-state index in [1.54, 1.807) is 27.9 Å². The molecule has 0 fully saturated rings. The Morgan fingerprint density at radius 3 is 2.42 bits per heavy atom. The lowest BCUT2D eigenvalue weighted by atomic mass is 10.1. The zero-order chi connectivity index (χ0) is 23.3. The first-order valence-electron chi connectivity index (χ1n) is 9.04. The number of hydrogen-bond acceptors (Lipinski definition) is 8. The van der Waals surface area contributed by atoms with Crippen molar-refractivity contribution >= 4 is 51.7 Å². The fraction of sp³-hybridized carbons (Fsp3) is 0.300. The second-order valence-electron chi connectivity index (χ2n) is 6.47. The molecule has 0 aliphatic rings. The van der Waals surface area contributed by atoms with E-state index >= 15 is 0 Å². The van der Waals surface area contributed by atoms with Gasteiger partial charge in [0.2, 0.25) is 0 Å². The molecule has 11 heteroatoms. The van der Waals surface area contributed by atoms with Crippen molar-refractivity contribution in [1.82, 2.24) is 4.90 Å². The summed E-state index contributed by atoms with van der Waals surface area (Å²) in [5.41, 5.74) is 0.280. The van der Waals surface area contributed by atoms with Gasteiger partial charge in [0.15, 0.2) is 6.61 Å². The largest absolute Gasteiger partial charge is 0.507 e. The predicted molar refractivity (Wildman–Crippen MR) is 115 cm³/mol. The topological polar surface area (TPSA) is 122 Å². The molecule has 2 N–H and O–H groups in total. The highest BCUT2D eigenvalue weighted by Crippen LogP contribution is 2.34. The van der Waals surface area contributed by atoms with Gasteiger partial charge in [-0.1, -0.05) is 11.6 Å². The number of thiophene rings is 1. The lowest BCUT2D eigenvalue weighted by molar-refractivity contribution is -0.119. The van der Waals surface area contributed by atoms with Crippen LogP contribution in [-0.2, 0) is 14.3 Å². The van der Waals surface area contributed by atoms with Gasteiger partial charge >= 0.3 is 11.9 Å². The van der Waals surface area contributed by atoms with Crippen LogP contribution in [-0.4, -0.2) is 61.1 Å². The van der Waals surface area contributed by atoms with E-state index in [4.69, 9.17) is 21.1 Å².